The van der Waals surface area contributed by atoms with Gasteiger partial charge in [0.1, 0.15) is 0 Å². The Labute approximate surface area is 129 Å². The second-order valence-electron chi connectivity index (χ2n) is 4.59. The highest BCUT2D eigenvalue weighted by Gasteiger charge is 2.26. The van der Waals surface area contributed by atoms with Gasteiger partial charge < -0.3 is 10.5 Å². The number of nitrogens with two attached hydrogens (primary N) is 1. The van der Waals surface area contributed by atoms with Crippen LogP contribution in [-0.2, 0) is 4.74 Å². The van der Waals surface area contributed by atoms with E-state index >= 15 is 0 Å². The van der Waals surface area contributed by atoms with E-state index in [1.807, 2.05) is 0 Å². The van der Waals surface area contributed by atoms with Gasteiger partial charge in [0.15, 0.2) is 0 Å². The summed E-state index contributed by atoms with van der Waals surface area (Å²) >= 11 is 5.41. The summed E-state index contributed by atoms with van der Waals surface area (Å²) in [7, 11) is 1.75. The average Bonchev–Trinajstić information content (AvgIpc) is 2.84. The average molecular weight is 349 g/mol. The van der Waals surface area contributed by atoms with E-state index in [2.05, 4.69) is 46.1 Å². The Morgan fingerprint density at radius 2 is 2.11 bits per heavy atom. The maximum atomic E-state index is 6.06. The third-order valence-electron chi connectivity index (χ3n) is 3.54. The first-order valence-electron chi connectivity index (χ1n) is 6.87. The molecule has 0 aliphatic rings. The molecular weight excluding hydrogens is 324 g/mol. The van der Waals surface area contributed by atoms with Gasteiger partial charge in [-0.05, 0) is 40.2 Å². The Morgan fingerprint density at radius 1 is 1.42 bits per heavy atom. The molecule has 0 saturated heterocycles. The summed E-state index contributed by atoms with van der Waals surface area (Å²) in [4.78, 5) is 3.82. The van der Waals surface area contributed by atoms with E-state index in [1.54, 1.807) is 18.4 Å². The minimum atomic E-state index is 0.273. The molecule has 0 radical (unpaired) electrons. The number of ether oxygens (including phenoxy) is 1. The largest absolute Gasteiger partial charge is 0.383 e. The third kappa shape index (κ3) is 4.53. The van der Waals surface area contributed by atoms with E-state index in [9.17, 15) is 0 Å². The molecule has 110 valence electrons. The normalized spacial score (nSPS) is 13.4. The first-order valence-corrected chi connectivity index (χ1v) is 8.54. The van der Waals surface area contributed by atoms with E-state index in [0.29, 0.717) is 12.6 Å². The van der Waals surface area contributed by atoms with Crippen molar-refractivity contribution in [2.75, 3.05) is 26.8 Å². The SMILES string of the molecule is CCC(CC)N(CCOC)C(CN)c1sccc1Br. The predicted molar refractivity (Wildman–Crippen MR) is 86.8 cm³/mol. The molecule has 1 aromatic rings. The summed E-state index contributed by atoms with van der Waals surface area (Å²) in [5, 5.41) is 2.11. The maximum absolute atomic E-state index is 6.06. The zero-order valence-electron chi connectivity index (χ0n) is 12.1. The molecule has 1 atom stereocenters. The zero-order chi connectivity index (χ0) is 14.3. The van der Waals surface area contributed by atoms with E-state index in [4.69, 9.17) is 10.5 Å². The lowest BCUT2D eigenvalue weighted by Gasteiger charge is -2.36. The van der Waals surface area contributed by atoms with Crippen molar-refractivity contribution in [1.82, 2.24) is 4.90 Å². The molecule has 0 amide bonds. The second kappa shape index (κ2) is 9.08. The van der Waals surface area contributed by atoms with Crippen LogP contribution in [-0.4, -0.2) is 37.7 Å². The van der Waals surface area contributed by atoms with Crippen molar-refractivity contribution in [2.24, 2.45) is 5.73 Å². The van der Waals surface area contributed by atoms with Gasteiger partial charge in [-0.3, -0.25) is 4.90 Å². The smallest absolute Gasteiger partial charge is 0.0590 e. The highest BCUT2D eigenvalue weighted by molar-refractivity contribution is 9.10. The van der Waals surface area contributed by atoms with Gasteiger partial charge in [0.2, 0.25) is 0 Å². The fourth-order valence-electron chi connectivity index (χ4n) is 2.48. The maximum Gasteiger partial charge on any atom is 0.0590 e. The molecule has 0 aromatic carbocycles. The van der Waals surface area contributed by atoms with Gasteiger partial charge >= 0.3 is 0 Å². The summed E-state index contributed by atoms with van der Waals surface area (Å²) in [6.07, 6.45) is 2.28. The molecule has 1 aromatic heterocycles. The van der Waals surface area contributed by atoms with E-state index in [0.717, 1.165) is 26.0 Å². The quantitative estimate of drug-likeness (QED) is 0.740. The van der Waals surface area contributed by atoms with Crippen molar-refractivity contribution >= 4 is 27.3 Å². The number of thiophene rings is 1. The molecule has 0 bridgehead atoms. The summed E-state index contributed by atoms with van der Waals surface area (Å²) < 4.78 is 6.43. The fraction of sp³-hybridized carbons (Fsp3) is 0.714. The van der Waals surface area contributed by atoms with Gasteiger partial charge in [-0.1, -0.05) is 13.8 Å². The van der Waals surface area contributed by atoms with Crippen molar-refractivity contribution in [3.05, 3.63) is 20.8 Å². The molecule has 3 nitrogen and oxygen atoms in total. The van der Waals surface area contributed by atoms with Crippen molar-refractivity contribution in [3.8, 4) is 0 Å². The van der Waals surface area contributed by atoms with Crippen LogP contribution in [0.4, 0.5) is 0 Å². The topological polar surface area (TPSA) is 38.5 Å². The number of methoxy groups -OCH3 is 1. The molecular formula is C14H25BrN2OS. The first-order chi connectivity index (χ1) is 9.19. The van der Waals surface area contributed by atoms with Crippen molar-refractivity contribution in [2.45, 2.75) is 38.8 Å². The van der Waals surface area contributed by atoms with Crippen LogP contribution < -0.4 is 5.73 Å². The van der Waals surface area contributed by atoms with E-state index in [1.165, 1.54) is 9.35 Å². The number of hydrogen-bond acceptors (Lipinski definition) is 4. The van der Waals surface area contributed by atoms with E-state index < -0.39 is 0 Å². The Kier molecular flexibility index (Phi) is 8.18. The summed E-state index contributed by atoms with van der Waals surface area (Å²) in [5.74, 6) is 0. The summed E-state index contributed by atoms with van der Waals surface area (Å²) in [6, 6.07) is 2.93. The number of nitrogens with zero attached hydrogens (tertiary/aromatic N) is 1. The van der Waals surface area contributed by atoms with Crippen molar-refractivity contribution in [3.63, 3.8) is 0 Å². The van der Waals surface area contributed by atoms with E-state index in [-0.39, 0.29) is 6.04 Å². The monoisotopic (exact) mass is 348 g/mol. The van der Waals surface area contributed by atoms with Crippen molar-refractivity contribution in [1.29, 1.82) is 0 Å². The second-order valence-corrected chi connectivity index (χ2v) is 6.39. The summed E-state index contributed by atoms with van der Waals surface area (Å²) in [5.41, 5.74) is 6.06. The van der Waals surface area contributed by atoms with Crippen LogP contribution in [0, 0.1) is 0 Å². The molecule has 1 heterocycles. The van der Waals surface area contributed by atoms with Crippen LogP contribution in [0.15, 0.2) is 15.9 Å². The van der Waals surface area contributed by atoms with Crippen LogP contribution in [0.25, 0.3) is 0 Å². The zero-order valence-corrected chi connectivity index (χ0v) is 14.5. The van der Waals surface area contributed by atoms with Crippen LogP contribution in [0.2, 0.25) is 0 Å². The van der Waals surface area contributed by atoms with Gasteiger partial charge in [-0.25, -0.2) is 0 Å². The molecule has 0 fully saturated rings. The van der Waals surface area contributed by atoms with Gasteiger partial charge in [0, 0.05) is 35.6 Å². The fourth-order valence-corrected chi connectivity index (χ4v) is 4.26. The summed E-state index contributed by atoms with van der Waals surface area (Å²) in [6.45, 7) is 6.79. The first kappa shape index (κ1) is 17.1. The van der Waals surface area contributed by atoms with Crippen LogP contribution in [0.3, 0.4) is 0 Å². The Bertz CT molecular complexity index is 355. The molecule has 19 heavy (non-hydrogen) atoms. The molecule has 1 rings (SSSR count). The molecule has 0 aliphatic carbocycles. The van der Waals surface area contributed by atoms with Crippen molar-refractivity contribution < 1.29 is 4.74 Å². The standard InChI is InChI=1S/C14H25BrN2OS/c1-4-11(5-2)17(7-8-18-3)13(10-16)14-12(15)6-9-19-14/h6,9,11,13H,4-5,7-8,10,16H2,1-3H3. The molecule has 5 heteroatoms. The lowest BCUT2D eigenvalue weighted by atomic mass is 10.1. The predicted octanol–water partition coefficient (Wildman–Crippen LogP) is 3.65. The minimum absolute atomic E-state index is 0.273. The van der Waals surface area contributed by atoms with Gasteiger partial charge in [-0.15, -0.1) is 11.3 Å². The Balaban J connectivity index is 2.95. The highest BCUT2D eigenvalue weighted by Crippen LogP contribution is 2.34. The van der Waals surface area contributed by atoms with Gasteiger partial charge in [-0.2, -0.15) is 0 Å². The third-order valence-corrected chi connectivity index (χ3v) is 5.51. The van der Waals surface area contributed by atoms with Gasteiger partial charge in [0.25, 0.3) is 0 Å². The molecule has 2 N–H and O–H groups in total. The van der Waals surface area contributed by atoms with Crippen LogP contribution in [0.1, 0.15) is 37.6 Å². The molecule has 0 spiro atoms. The lowest BCUT2D eigenvalue weighted by molar-refractivity contribution is 0.0827. The minimum Gasteiger partial charge on any atom is -0.383 e. The number of hydrogen-bond donors (Lipinski definition) is 1. The molecule has 0 saturated carbocycles. The molecule has 0 aliphatic heterocycles. The Hall–Kier alpha value is 0.0600. The number of halogens is 1. The van der Waals surface area contributed by atoms with Crippen LogP contribution >= 0.6 is 27.3 Å². The van der Waals surface area contributed by atoms with Gasteiger partial charge in [0.05, 0.1) is 12.6 Å². The highest BCUT2D eigenvalue weighted by atomic mass is 79.9. The lowest BCUT2D eigenvalue weighted by Crippen LogP contribution is -2.42. The molecule has 1 unspecified atom stereocenters. The number of rotatable bonds is 9. The Morgan fingerprint density at radius 3 is 2.53 bits per heavy atom. The van der Waals surface area contributed by atoms with Crippen LogP contribution in [0.5, 0.6) is 0 Å².